The standard InChI is InChI=1S/C11H8F2N2O4/c1-18-10-7(15(16)17)3-2-6-8(19-11(12)13)4-5-14-9(6)10/h2-5,11H,1H3. The summed E-state index contributed by atoms with van der Waals surface area (Å²) in [5, 5.41) is 11.0. The van der Waals surface area contributed by atoms with Gasteiger partial charge >= 0.3 is 12.3 Å². The van der Waals surface area contributed by atoms with E-state index in [0.717, 1.165) is 6.07 Å². The van der Waals surface area contributed by atoms with Gasteiger partial charge in [0, 0.05) is 17.6 Å². The van der Waals surface area contributed by atoms with E-state index in [0.29, 0.717) is 0 Å². The van der Waals surface area contributed by atoms with E-state index < -0.39 is 11.5 Å². The minimum Gasteiger partial charge on any atom is -0.489 e. The molecule has 8 heteroatoms. The largest absolute Gasteiger partial charge is 0.489 e. The molecule has 0 aliphatic rings. The van der Waals surface area contributed by atoms with Crippen LogP contribution in [0.4, 0.5) is 14.5 Å². The lowest BCUT2D eigenvalue weighted by molar-refractivity contribution is -0.385. The van der Waals surface area contributed by atoms with Crippen molar-refractivity contribution in [3.05, 3.63) is 34.5 Å². The van der Waals surface area contributed by atoms with Crippen LogP contribution < -0.4 is 9.47 Å². The van der Waals surface area contributed by atoms with E-state index in [1.807, 2.05) is 0 Å². The molecule has 1 aromatic heterocycles. The number of hydrogen-bond acceptors (Lipinski definition) is 5. The normalized spacial score (nSPS) is 10.7. The number of nitrogens with zero attached hydrogens (tertiary/aromatic N) is 2. The number of alkyl halides is 2. The monoisotopic (exact) mass is 270 g/mol. The second-order valence-corrected chi connectivity index (χ2v) is 3.46. The first-order valence-electron chi connectivity index (χ1n) is 5.09. The molecule has 0 bridgehead atoms. The van der Waals surface area contributed by atoms with Gasteiger partial charge in [-0.1, -0.05) is 0 Å². The predicted octanol–water partition coefficient (Wildman–Crippen LogP) is 2.75. The molecule has 2 rings (SSSR count). The Hall–Kier alpha value is -2.51. The van der Waals surface area contributed by atoms with Crippen molar-refractivity contribution in [1.82, 2.24) is 4.98 Å². The number of rotatable bonds is 4. The highest BCUT2D eigenvalue weighted by Gasteiger charge is 2.21. The Morgan fingerprint density at radius 2 is 2.11 bits per heavy atom. The highest BCUT2D eigenvalue weighted by molar-refractivity contribution is 5.92. The summed E-state index contributed by atoms with van der Waals surface area (Å²) in [6.07, 6.45) is 1.21. The van der Waals surface area contributed by atoms with Crippen molar-refractivity contribution in [2.75, 3.05) is 7.11 Å². The molecule has 0 radical (unpaired) electrons. The summed E-state index contributed by atoms with van der Waals surface area (Å²) < 4.78 is 33.8. The second kappa shape index (κ2) is 5.01. The van der Waals surface area contributed by atoms with Crippen LogP contribution in [0.5, 0.6) is 11.5 Å². The number of halogens is 2. The van der Waals surface area contributed by atoms with Crippen molar-refractivity contribution in [1.29, 1.82) is 0 Å². The number of nitro groups is 1. The summed E-state index contributed by atoms with van der Waals surface area (Å²) >= 11 is 0. The molecular weight excluding hydrogens is 262 g/mol. The molecule has 0 saturated heterocycles. The lowest BCUT2D eigenvalue weighted by Gasteiger charge is -2.09. The van der Waals surface area contributed by atoms with Crippen molar-refractivity contribution >= 4 is 16.6 Å². The average molecular weight is 270 g/mol. The molecular formula is C11H8F2N2O4. The fraction of sp³-hybridized carbons (Fsp3) is 0.182. The maximum Gasteiger partial charge on any atom is 0.387 e. The Labute approximate surface area is 105 Å². The van der Waals surface area contributed by atoms with E-state index in [2.05, 4.69) is 9.72 Å². The van der Waals surface area contributed by atoms with Gasteiger partial charge in [-0.15, -0.1) is 0 Å². The maximum absolute atomic E-state index is 12.3. The first-order chi connectivity index (χ1) is 9.04. The Balaban J connectivity index is 2.70. The zero-order valence-electron chi connectivity index (χ0n) is 9.67. The van der Waals surface area contributed by atoms with Gasteiger partial charge in [-0.05, 0) is 12.1 Å². The number of ether oxygens (including phenoxy) is 2. The van der Waals surface area contributed by atoms with Gasteiger partial charge in [0.25, 0.3) is 0 Å². The van der Waals surface area contributed by atoms with Gasteiger partial charge in [-0.2, -0.15) is 8.78 Å². The van der Waals surface area contributed by atoms with Gasteiger partial charge in [-0.25, -0.2) is 0 Å². The van der Waals surface area contributed by atoms with E-state index >= 15 is 0 Å². The number of methoxy groups -OCH3 is 1. The summed E-state index contributed by atoms with van der Waals surface area (Å²) in [5.74, 6) is -0.213. The molecule has 0 N–H and O–H groups in total. The van der Waals surface area contributed by atoms with Crippen LogP contribution in [0.3, 0.4) is 0 Å². The summed E-state index contributed by atoms with van der Waals surface area (Å²) in [4.78, 5) is 14.1. The van der Waals surface area contributed by atoms with E-state index in [4.69, 9.17) is 4.74 Å². The van der Waals surface area contributed by atoms with Gasteiger partial charge in [0.05, 0.1) is 12.0 Å². The van der Waals surface area contributed by atoms with Crippen molar-refractivity contribution in [3.8, 4) is 11.5 Å². The van der Waals surface area contributed by atoms with Gasteiger partial charge < -0.3 is 9.47 Å². The third kappa shape index (κ3) is 2.37. The molecule has 0 amide bonds. The van der Waals surface area contributed by atoms with E-state index in [-0.39, 0.29) is 28.1 Å². The van der Waals surface area contributed by atoms with Crippen LogP contribution in [0.2, 0.25) is 0 Å². The number of pyridine rings is 1. The lowest BCUT2D eigenvalue weighted by Crippen LogP contribution is -2.03. The fourth-order valence-corrected chi connectivity index (χ4v) is 1.70. The van der Waals surface area contributed by atoms with Crippen LogP contribution in [0.15, 0.2) is 24.4 Å². The number of nitro benzene ring substituents is 1. The Bertz CT molecular complexity index is 633. The molecule has 19 heavy (non-hydrogen) atoms. The molecule has 1 aromatic carbocycles. The molecule has 6 nitrogen and oxygen atoms in total. The van der Waals surface area contributed by atoms with Crippen LogP contribution in [0, 0.1) is 10.1 Å². The number of fused-ring (bicyclic) bond motifs is 1. The summed E-state index contributed by atoms with van der Waals surface area (Å²) in [6.45, 7) is -2.99. The molecule has 0 spiro atoms. The van der Waals surface area contributed by atoms with Gasteiger partial charge in [0.2, 0.25) is 5.75 Å². The Morgan fingerprint density at radius 3 is 2.68 bits per heavy atom. The molecule has 0 atom stereocenters. The van der Waals surface area contributed by atoms with E-state index in [1.54, 1.807) is 0 Å². The van der Waals surface area contributed by atoms with Crippen LogP contribution >= 0.6 is 0 Å². The third-order valence-corrected chi connectivity index (χ3v) is 2.42. The average Bonchev–Trinajstić information content (AvgIpc) is 2.36. The molecule has 0 aliphatic carbocycles. The van der Waals surface area contributed by atoms with Gasteiger partial charge in [-0.3, -0.25) is 15.1 Å². The topological polar surface area (TPSA) is 74.5 Å². The zero-order valence-corrected chi connectivity index (χ0v) is 9.67. The van der Waals surface area contributed by atoms with E-state index in [9.17, 15) is 18.9 Å². The van der Waals surface area contributed by atoms with Gasteiger partial charge in [0.1, 0.15) is 11.3 Å². The van der Waals surface area contributed by atoms with Crippen LogP contribution in [-0.2, 0) is 0 Å². The number of benzene rings is 1. The second-order valence-electron chi connectivity index (χ2n) is 3.46. The molecule has 1 heterocycles. The van der Waals surface area contributed by atoms with E-state index in [1.165, 1.54) is 25.4 Å². The molecule has 0 saturated carbocycles. The van der Waals surface area contributed by atoms with Crippen LogP contribution in [0.25, 0.3) is 10.9 Å². The molecule has 0 unspecified atom stereocenters. The molecule has 0 aliphatic heterocycles. The highest BCUT2D eigenvalue weighted by Crippen LogP contribution is 2.37. The lowest BCUT2D eigenvalue weighted by atomic mass is 10.1. The first-order valence-corrected chi connectivity index (χ1v) is 5.09. The highest BCUT2D eigenvalue weighted by atomic mass is 19.3. The SMILES string of the molecule is COc1c([N+](=O)[O-])ccc2c(OC(F)F)ccnc12. The summed E-state index contributed by atoms with van der Waals surface area (Å²) in [7, 11) is 1.24. The summed E-state index contributed by atoms with van der Waals surface area (Å²) in [5.41, 5.74) is -0.202. The molecule has 2 aromatic rings. The number of hydrogen-bond donors (Lipinski definition) is 0. The predicted molar refractivity (Wildman–Crippen MR) is 61.6 cm³/mol. The molecule has 0 fully saturated rings. The van der Waals surface area contributed by atoms with Crippen molar-refractivity contribution in [3.63, 3.8) is 0 Å². The van der Waals surface area contributed by atoms with Gasteiger partial charge in [0.15, 0.2) is 0 Å². The number of aromatic nitrogens is 1. The molecule has 100 valence electrons. The van der Waals surface area contributed by atoms with Crippen molar-refractivity contribution in [2.24, 2.45) is 0 Å². The van der Waals surface area contributed by atoms with Crippen LogP contribution in [0.1, 0.15) is 0 Å². The Kier molecular flexibility index (Phi) is 3.41. The van der Waals surface area contributed by atoms with Crippen molar-refractivity contribution < 1.29 is 23.2 Å². The minimum absolute atomic E-state index is 0.0925. The fourth-order valence-electron chi connectivity index (χ4n) is 1.70. The zero-order chi connectivity index (χ0) is 14.0. The van der Waals surface area contributed by atoms with Crippen LogP contribution in [-0.4, -0.2) is 23.6 Å². The quantitative estimate of drug-likeness (QED) is 0.630. The Morgan fingerprint density at radius 1 is 1.37 bits per heavy atom. The minimum atomic E-state index is -2.99. The third-order valence-electron chi connectivity index (χ3n) is 2.42. The maximum atomic E-state index is 12.3. The summed E-state index contributed by atoms with van der Waals surface area (Å²) in [6, 6.07) is 3.70. The smallest absolute Gasteiger partial charge is 0.387 e. The van der Waals surface area contributed by atoms with Crippen molar-refractivity contribution in [2.45, 2.75) is 6.61 Å². The first kappa shape index (κ1) is 12.9.